The highest BCUT2D eigenvalue weighted by atomic mass is 19.1. The molecular formula is C76H78F2N4O+2. The first-order valence-electron chi connectivity index (χ1n) is 29.4. The number of benzene rings is 8. The second-order valence-electron chi connectivity index (χ2n) is 27.5. The summed E-state index contributed by atoms with van der Waals surface area (Å²) >= 11 is 0. The second kappa shape index (κ2) is 20.9. The van der Waals surface area contributed by atoms with E-state index >= 15 is 8.78 Å². The van der Waals surface area contributed by atoms with Gasteiger partial charge in [0.2, 0.25) is 11.4 Å². The number of hydrogen-bond donors (Lipinski definition) is 0. The molecule has 0 aliphatic carbocycles. The van der Waals surface area contributed by atoms with E-state index in [4.69, 9.17) is 9.72 Å². The van der Waals surface area contributed by atoms with Crippen molar-refractivity contribution in [1.29, 1.82) is 0 Å². The number of hydrogen-bond acceptors (Lipinski definition) is 2. The number of ether oxygens (including phenoxy) is 1. The molecule has 0 amide bonds. The molecular weight excluding hydrogens is 1020 g/mol. The van der Waals surface area contributed by atoms with E-state index in [1.807, 2.05) is 12.3 Å². The Hall–Kier alpha value is -8.25. The number of para-hydroxylation sites is 3. The molecule has 0 radical (unpaired) electrons. The van der Waals surface area contributed by atoms with Crippen LogP contribution in [0.25, 0.3) is 61.0 Å². The summed E-state index contributed by atoms with van der Waals surface area (Å²) in [7, 11) is 0. The predicted octanol–water partition coefficient (Wildman–Crippen LogP) is 21.5. The third-order valence-electron chi connectivity index (χ3n) is 16.4. The minimum Gasteiger partial charge on any atom is -0.457 e. The number of aromatic nitrogens is 2. The average molecular weight is 1100 g/mol. The Morgan fingerprint density at radius 1 is 0.458 bits per heavy atom. The van der Waals surface area contributed by atoms with Crippen molar-refractivity contribution in [1.82, 2.24) is 18.7 Å². The fourth-order valence-corrected chi connectivity index (χ4v) is 11.7. The fraction of sp³-hybridized carbons (Fsp3) is 0.289. The Morgan fingerprint density at radius 3 is 1.59 bits per heavy atom. The third kappa shape index (κ3) is 10.9. The van der Waals surface area contributed by atoms with E-state index in [0.29, 0.717) is 22.6 Å². The van der Waals surface area contributed by atoms with Gasteiger partial charge in [-0.2, -0.15) is 0 Å². The van der Waals surface area contributed by atoms with Gasteiger partial charge >= 0.3 is 6.01 Å². The van der Waals surface area contributed by atoms with E-state index in [2.05, 4.69) is 270 Å². The predicted molar refractivity (Wildman–Crippen MR) is 345 cm³/mol. The molecule has 420 valence electrons. The summed E-state index contributed by atoms with van der Waals surface area (Å²) in [5.41, 5.74) is 17.0. The molecule has 10 aromatic rings. The second-order valence-corrected chi connectivity index (χ2v) is 27.5. The summed E-state index contributed by atoms with van der Waals surface area (Å²) in [6.45, 7) is 35.8. The van der Waals surface area contributed by atoms with E-state index in [0.717, 1.165) is 78.7 Å². The van der Waals surface area contributed by atoms with Crippen LogP contribution >= 0.6 is 0 Å². The number of nitrogens with zero attached hydrogens (tertiary/aromatic N) is 4. The molecule has 3 heterocycles. The van der Waals surface area contributed by atoms with Crippen molar-refractivity contribution in [3.05, 3.63) is 215 Å². The maximum Gasteiger partial charge on any atom is 0.503 e. The lowest BCUT2D eigenvalue weighted by atomic mass is 9.77. The maximum atomic E-state index is 15.8. The van der Waals surface area contributed by atoms with E-state index < -0.39 is 11.6 Å². The molecule has 0 spiro atoms. The molecule has 0 fully saturated rings. The minimum absolute atomic E-state index is 0.0742. The Bertz CT molecular complexity index is 4210. The zero-order valence-electron chi connectivity index (χ0n) is 51.3. The van der Waals surface area contributed by atoms with Crippen molar-refractivity contribution in [3.63, 3.8) is 0 Å². The van der Waals surface area contributed by atoms with Crippen LogP contribution in [0.1, 0.15) is 156 Å². The Kier molecular flexibility index (Phi) is 14.2. The lowest BCUT2D eigenvalue weighted by molar-refractivity contribution is 0.483. The van der Waals surface area contributed by atoms with Crippen molar-refractivity contribution >= 4 is 50.6 Å². The van der Waals surface area contributed by atoms with Gasteiger partial charge in [0.15, 0.2) is 0 Å². The highest BCUT2D eigenvalue weighted by Gasteiger charge is 2.41. The molecule has 1 aliphatic rings. The lowest BCUT2D eigenvalue weighted by Crippen LogP contribution is -2.17. The van der Waals surface area contributed by atoms with Gasteiger partial charge in [0.25, 0.3) is 11.4 Å². The zero-order valence-corrected chi connectivity index (χ0v) is 51.3. The molecule has 11 rings (SSSR count). The van der Waals surface area contributed by atoms with Gasteiger partial charge in [-0.25, -0.2) is 13.8 Å². The van der Waals surface area contributed by atoms with Crippen molar-refractivity contribution in [2.24, 2.45) is 0 Å². The highest BCUT2D eigenvalue weighted by molar-refractivity contribution is 6.09. The van der Waals surface area contributed by atoms with Gasteiger partial charge in [0, 0.05) is 47.3 Å². The van der Waals surface area contributed by atoms with Gasteiger partial charge in [-0.15, -0.1) is 0 Å². The number of halogens is 2. The molecule has 0 saturated carbocycles. The van der Waals surface area contributed by atoms with Crippen LogP contribution in [0.2, 0.25) is 0 Å². The van der Waals surface area contributed by atoms with E-state index in [1.54, 1.807) is 0 Å². The molecule has 0 N–H and O–H groups in total. The minimum atomic E-state index is -0.645. The summed E-state index contributed by atoms with van der Waals surface area (Å²) in [5.74, 6) is 1.34. The molecule has 0 unspecified atom stereocenters. The molecule has 8 aromatic carbocycles. The van der Waals surface area contributed by atoms with Gasteiger partial charge < -0.3 is 4.74 Å². The van der Waals surface area contributed by atoms with Crippen LogP contribution in [0.4, 0.5) is 31.5 Å². The quantitative estimate of drug-likeness (QED) is 0.128. The molecule has 5 nitrogen and oxygen atoms in total. The SMILES string of the molecule is CC(C)c1cccc(C(C)C)c1-c1cc(Oc2ccc3c4ccccc4n(-c4cc(C(C)(C)C)ccn4)c3c2)cc([N+]2=C=[N+](c3c(-c4cc(F)cc(F)c4)cc(C(C)(C)C)cc3-c3cc(C(C)(C)C)cc(C(C)(C)C)c3)c3ccccc32)c1. The van der Waals surface area contributed by atoms with E-state index in [1.165, 1.54) is 45.5 Å². The van der Waals surface area contributed by atoms with Crippen LogP contribution in [0.3, 0.4) is 0 Å². The Morgan fingerprint density at radius 2 is 1.00 bits per heavy atom. The van der Waals surface area contributed by atoms with Gasteiger partial charge in [0.05, 0.1) is 28.2 Å². The van der Waals surface area contributed by atoms with E-state index in [9.17, 15) is 0 Å². The fourth-order valence-electron chi connectivity index (χ4n) is 11.7. The molecule has 0 saturated heterocycles. The first kappa shape index (κ1) is 56.6. The molecule has 83 heavy (non-hydrogen) atoms. The normalized spacial score (nSPS) is 13.1. The largest absolute Gasteiger partial charge is 0.503 e. The Balaban J connectivity index is 1.21. The molecule has 2 aromatic heterocycles. The highest BCUT2D eigenvalue weighted by Crippen LogP contribution is 2.50. The van der Waals surface area contributed by atoms with Gasteiger partial charge in [-0.1, -0.05) is 178 Å². The number of fused-ring (bicyclic) bond motifs is 4. The van der Waals surface area contributed by atoms with Crippen LogP contribution in [-0.2, 0) is 21.7 Å². The van der Waals surface area contributed by atoms with Crippen LogP contribution in [0, 0.1) is 11.6 Å². The first-order valence-corrected chi connectivity index (χ1v) is 29.4. The Labute approximate surface area is 490 Å². The van der Waals surface area contributed by atoms with Crippen molar-refractivity contribution in [2.45, 2.75) is 144 Å². The van der Waals surface area contributed by atoms with Gasteiger partial charge in [-0.05, 0) is 159 Å². The number of pyridine rings is 1. The summed E-state index contributed by atoms with van der Waals surface area (Å²) in [5, 5.41) is 2.24. The first-order chi connectivity index (χ1) is 39.1. The third-order valence-corrected chi connectivity index (χ3v) is 16.4. The van der Waals surface area contributed by atoms with Crippen LogP contribution < -0.4 is 13.9 Å². The van der Waals surface area contributed by atoms with E-state index in [-0.39, 0.29) is 33.5 Å². The van der Waals surface area contributed by atoms with Crippen molar-refractivity contribution in [2.75, 3.05) is 0 Å². The molecule has 7 heteroatoms. The standard InChI is InChI=1S/C76H78F2N4O/c1-46(2)60-23-21-24-61(47(3)4)71(60)50-36-57(43-59(37-50)83-58-28-29-63-62-22-17-18-25-66(62)82(69(63)44-58)70-41-51(30-31-79-70)73(5,6)7)80-45-81(68-27-20-19-26-67(68)80)72-64(48-32-52(74(8,9)10)38-53(33-48)75(11,12)13)39-54(76(14,15)16)40-65(72)49-34-55(77)42-56(78)35-49/h17-44,46-47H,1-16H3/q+2. The smallest absolute Gasteiger partial charge is 0.457 e. The zero-order chi connectivity index (χ0) is 59.2. The summed E-state index contributed by atoms with van der Waals surface area (Å²) in [4.78, 5) is 4.97. The van der Waals surface area contributed by atoms with Crippen LogP contribution in [0.15, 0.2) is 170 Å². The summed E-state index contributed by atoms with van der Waals surface area (Å²) in [6, 6.07) is 59.8. The lowest BCUT2D eigenvalue weighted by Gasteiger charge is -2.27. The molecule has 1 aliphatic heterocycles. The van der Waals surface area contributed by atoms with Crippen molar-refractivity contribution in [3.8, 4) is 50.7 Å². The van der Waals surface area contributed by atoms with Gasteiger partial charge in [-0.3, -0.25) is 4.57 Å². The summed E-state index contributed by atoms with van der Waals surface area (Å²) in [6.07, 6.45) is 1.91. The van der Waals surface area contributed by atoms with Crippen LogP contribution in [0.5, 0.6) is 11.5 Å². The topological polar surface area (TPSA) is 33.1 Å². The molecule has 0 atom stereocenters. The summed E-state index contributed by atoms with van der Waals surface area (Å²) < 4.78 is 45.3. The maximum absolute atomic E-state index is 15.8. The molecule has 0 bridgehead atoms. The van der Waals surface area contributed by atoms with Crippen molar-refractivity contribution < 1.29 is 13.5 Å². The number of rotatable bonds is 10. The van der Waals surface area contributed by atoms with Gasteiger partial charge in [0.1, 0.15) is 29.0 Å². The average Bonchev–Trinajstić information content (AvgIpc) is 2.72. The van der Waals surface area contributed by atoms with Crippen LogP contribution in [-0.4, -0.2) is 15.6 Å². The monoisotopic (exact) mass is 1100 g/mol.